The summed E-state index contributed by atoms with van der Waals surface area (Å²) in [5.41, 5.74) is 4.04. The molecule has 0 radical (unpaired) electrons. The highest BCUT2D eigenvalue weighted by atomic mass is 16.5. The molecule has 0 aromatic heterocycles. The molecule has 0 saturated heterocycles. The van der Waals surface area contributed by atoms with Gasteiger partial charge in [0.25, 0.3) is 0 Å². The molecule has 1 nitrogen and oxygen atoms in total. The smallest absolute Gasteiger partial charge is 0.0716 e. The van der Waals surface area contributed by atoms with Crippen LogP contribution in [0.5, 0.6) is 0 Å². The summed E-state index contributed by atoms with van der Waals surface area (Å²) in [5, 5.41) is 0. The molecule has 0 spiro atoms. The van der Waals surface area contributed by atoms with E-state index in [-0.39, 0.29) is 0 Å². The molecule has 0 aliphatic carbocycles. The summed E-state index contributed by atoms with van der Waals surface area (Å²) in [6.45, 7) is 3.82. The van der Waals surface area contributed by atoms with Crippen LogP contribution in [0.3, 0.4) is 0 Å². The van der Waals surface area contributed by atoms with Crippen LogP contribution in [0.25, 0.3) is 6.08 Å². The number of aryl methyl sites for hydroxylation is 1. The normalized spacial score (nSPS) is 11.2. The van der Waals surface area contributed by atoms with Gasteiger partial charge in [-0.1, -0.05) is 92.9 Å². The molecule has 0 aliphatic heterocycles. The Morgan fingerprint density at radius 3 is 2.52 bits per heavy atom. The zero-order valence-electron chi connectivity index (χ0n) is 15.6. The van der Waals surface area contributed by atoms with Gasteiger partial charge in [-0.3, -0.25) is 0 Å². The van der Waals surface area contributed by atoms with Crippen molar-refractivity contribution in [3.8, 4) is 0 Å². The first-order valence-corrected chi connectivity index (χ1v) is 9.75. The summed E-state index contributed by atoms with van der Waals surface area (Å²) < 4.78 is 5.75. The van der Waals surface area contributed by atoms with Crippen LogP contribution in [-0.2, 0) is 17.8 Å². The van der Waals surface area contributed by atoms with Crippen molar-refractivity contribution < 1.29 is 4.74 Å². The largest absolute Gasteiger partial charge is 0.377 e. The first-order chi connectivity index (χ1) is 12.4. The van der Waals surface area contributed by atoms with E-state index in [9.17, 15) is 0 Å². The lowest BCUT2D eigenvalue weighted by Crippen LogP contribution is -1.96. The lowest BCUT2D eigenvalue weighted by molar-refractivity contribution is 0.117. The molecule has 1 heteroatoms. The topological polar surface area (TPSA) is 9.23 Å². The second-order valence-corrected chi connectivity index (χ2v) is 6.64. The first-order valence-electron chi connectivity index (χ1n) is 9.75. The van der Waals surface area contributed by atoms with Gasteiger partial charge < -0.3 is 4.74 Å². The van der Waals surface area contributed by atoms with Crippen molar-refractivity contribution >= 4 is 6.08 Å². The Morgan fingerprint density at radius 1 is 0.840 bits per heavy atom. The third-order valence-electron chi connectivity index (χ3n) is 4.35. The van der Waals surface area contributed by atoms with Crippen LogP contribution < -0.4 is 0 Å². The Hall–Kier alpha value is -1.86. The number of allylic oxidation sites excluding steroid dienone is 1. The van der Waals surface area contributed by atoms with Crippen molar-refractivity contribution in [2.75, 3.05) is 6.61 Å². The van der Waals surface area contributed by atoms with E-state index in [4.69, 9.17) is 4.74 Å². The Morgan fingerprint density at radius 2 is 1.68 bits per heavy atom. The van der Waals surface area contributed by atoms with E-state index in [2.05, 4.69) is 67.6 Å². The van der Waals surface area contributed by atoms with E-state index < -0.39 is 0 Å². The zero-order chi connectivity index (χ0) is 17.6. The van der Waals surface area contributed by atoms with E-state index in [0.717, 1.165) is 26.1 Å². The van der Waals surface area contributed by atoms with Gasteiger partial charge in [0.2, 0.25) is 0 Å². The van der Waals surface area contributed by atoms with E-state index in [1.807, 2.05) is 6.07 Å². The van der Waals surface area contributed by atoms with Crippen LogP contribution in [0.1, 0.15) is 62.1 Å². The maximum Gasteiger partial charge on any atom is 0.0716 e. The fourth-order valence-corrected chi connectivity index (χ4v) is 2.87. The molecule has 2 rings (SSSR count). The molecule has 0 bridgehead atoms. The SMILES string of the molecule is CCCCC=Cc1cccc(CCCCCOCc2ccccc2)c1. The van der Waals surface area contributed by atoms with Crippen LogP contribution in [-0.4, -0.2) is 6.61 Å². The molecule has 2 aromatic rings. The molecule has 0 atom stereocenters. The van der Waals surface area contributed by atoms with Crippen LogP contribution in [0.15, 0.2) is 60.7 Å². The van der Waals surface area contributed by atoms with Gasteiger partial charge in [0.05, 0.1) is 6.61 Å². The molecule has 0 heterocycles. The monoisotopic (exact) mass is 336 g/mol. The minimum absolute atomic E-state index is 0.729. The second kappa shape index (κ2) is 12.5. The summed E-state index contributed by atoms with van der Waals surface area (Å²) in [5.74, 6) is 0. The summed E-state index contributed by atoms with van der Waals surface area (Å²) in [6, 6.07) is 19.3. The Labute approximate surface area is 153 Å². The Kier molecular flexibility index (Phi) is 9.73. The van der Waals surface area contributed by atoms with E-state index >= 15 is 0 Å². The molecule has 0 amide bonds. The van der Waals surface area contributed by atoms with E-state index in [1.165, 1.54) is 48.8 Å². The maximum absolute atomic E-state index is 5.75. The minimum Gasteiger partial charge on any atom is -0.377 e. The molecule has 0 aliphatic rings. The van der Waals surface area contributed by atoms with Crippen LogP contribution in [0, 0.1) is 0 Å². The molecule has 0 fully saturated rings. The summed E-state index contributed by atoms with van der Waals surface area (Å²) in [4.78, 5) is 0. The lowest BCUT2D eigenvalue weighted by Gasteiger charge is -2.05. The van der Waals surface area contributed by atoms with Crippen molar-refractivity contribution in [3.05, 3.63) is 77.4 Å². The molecular weight excluding hydrogens is 304 g/mol. The number of rotatable bonds is 12. The van der Waals surface area contributed by atoms with E-state index in [0.29, 0.717) is 0 Å². The van der Waals surface area contributed by atoms with Gasteiger partial charge in [-0.2, -0.15) is 0 Å². The quantitative estimate of drug-likeness (QED) is 0.386. The summed E-state index contributed by atoms with van der Waals surface area (Å²) >= 11 is 0. The van der Waals surface area contributed by atoms with Gasteiger partial charge in [0, 0.05) is 6.61 Å². The molecule has 0 N–H and O–H groups in total. The lowest BCUT2D eigenvalue weighted by atomic mass is 10.0. The van der Waals surface area contributed by atoms with Crippen molar-refractivity contribution in [2.45, 2.75) is 58.5 Å². The molecule has 134 valence electrons. The number of hydrogen-bond donors (Lipinski definition) is 0. The van der Waals surface area contributed by atoms with Crippen molar-refractivity contribution in [2.24, 2.45) is 0 Å². The first kappa shape index (κ1) is 19.5. The summed E-state index contributed by atoms with van der Waals surface area (Å²) in [6.07, 6.45) is 13.1. The molecule has 25 heavy (non-hydrogen) atoms. The molecule has 0 unspecified atom stereocenters. The molecule has 2 aromatic carbocycles. The third kappa shape index (κ3) is 8.69. The van der Waals surface area contributed by atoms with Crippen LogP contribution in [0.4, 0.5) is 0 Å². The van der Waals surface area contributed by atoms with Gasteiger partial charge in [-0.25, -0.2) is 0 Å². The van der Waals surface area contributed by atoms with Crippen molar-refractivity contribution in [1.82, 2.24) is 0 Å². The Bertz CT molecular complexity index is 601. The van der Waals surface area contributed by atoms with E-state index in [1.54, 1.807) is 0 Å². The predicted octanol–water partition coefficient (Wildman–Crippen LogP) is 6.82. The van der Waals surface area contributed by atoms with Gasteiger partial charge in [-0.05, 0) is 42.4 Å². The molecular formula is C24H32O. The number of hydrogen-bond acceptors (Lipinski definition) is 1. The Balaban J connectivity index is 1.57. The van der Waals surface area contributed by atoms with Crippen molar-refractivity contribution in [1.29, 1.82) is 0 Å². The number of benzene rings is 2. The van der Waals surface area contributed by atoms with Crippen molar-refractivity contribution in [3.63, 3.8) is 0 Å². The summed E-state index contributed by atoms with van der Waals surface area (Å²) in [7, 11) is 0. The number of unbranched alkanes of at least 4 members (excludes halogenated alkanes) is 4. The number of ether oxygens (including phenoxy) is 1. The average Bonchev–Trinajstić information content (AvgIpc) is 2.66. The fraction of sp³-hybridized carbons (Fsp3) is 0.417. The van der Waals surface area contributed by atoms with Gasteiger partial charge >= 0.3 is 0 Å². The van der Waals surface area contributed by atoms with Crippen LogP contribution >= 0.6 is 0 Å². The third-order valence-corrected chi connectivity index (χ3v) is 4.35. The fourth-order valence-electron chi connectivity index (χ4n) is 2.87. The van der Waals surface area contributed by atoms with Gasteiger partial charge in [-0.15, -0.1) is 0 Å². The van der Waals surface area contributed by atoms with Gasteiger partial charge in [0.1, 0.15) is 0 Å². The highest BCUT2D eigenvalue weighted by Gasteiger charge is 1.96. The second-order valence-electron chi connectivity index (χ2n) is 6.64. The zero-order valence-corrected chi connectivity index (χ0v) is 15.6. The van der Waals surface area contributed by atoms with Gasteiger partial charge in [0.15, 0.2) is 0 Å². The maximum atomic E-state index is 5.75. The van der Waals surface area contributed by atoms with Crippen LogP contribution in [0.2, 0.25) is 0 Å². The minimum atomic E-state index is 0.729. The highest BCUT2D eigenvalue weighted by molar-refractivity contribution is 5.50. The average molecular weight is 337 g/mol. The highest BCUT2D eigenvalue weighted by Crippen LogP contribution is 2.12. The standard InChI is InChI=1S/C24H32O/c1-2-3-4-7-13-22-17-12-18-23(20-22)14-10-6-11-19-25-21-24-15-8-5-9-16-24/h5,7-9,12-13,15-18,20H,2-4,6,10-11,14,19,21H2,1H3. The predicted molar refractivity (Wildman–Crippen MR) is 109 cm³/mol. The molecule has 0 saturated carbocycles.